The Morgan fingerprint density at radius 3 is 3.06 bits per heavy atom. The summed E-state index contributed by atoms with van der Waals surface area (Å²) in [5.41, 5.74) is 0. The summed E-state index contributed by atoms with van der Waals surface area (Å²) in [5.74, 6) is 1.93. The molecule has 2 N–H and O–H groups in total. The third kappa shape index (κ3) is 3.16. The minimum Gasteiger partial charge on any atom is -0.369 e. The van der Waals surface area contributed by atoms with Crippen molar-refractivity contribution in [2.45, 2.75) is 12.8 Å². The van der Waals surface area contributed by atoms with Gasteiger partial charge in [0, 0.05) is 31.6 Å². The minimum absolute atomic E-state index is 0.883. The third-order valence-electron chi connectivity index (χ3n) is 2.11. The van der Waals surface area contributed by atoms with E-state index in [0.717, 1.165) is 34.6 Å². The van der Waals surface area contributed by atoms with E-state index in [-0.39, 0.29) is 0 Å². The molecule has 0 aromatic carbocycles. The molecule has 16 heavy (non-hydrogen) atoms. The number of aromatic nitrogens is 4. The van der Waals surface area contributed by atoms with Crippen LogP contribution in [-0.4, -0.2) is 26.5 Å². The molecule has 0 fully saturated rings. The molecule has 84 valence electrons. The first-order valence-corrected chi connectivity index (χ1v) is 6.12. The van der Waals surface area contributed by atoms with E-state index in [0.29, 0.717) is 0 Å². The lowest BCUT2D eigenvalue weighted by atomic mass is 10.3. The van der Waals surface area contributed by atoms with Crippen LogP contribution in [0, 0.1) is 3.57 Å². The second-order valence-electron chi connectivity index (χ2n) is 3.29. The van der Waals surface area contributed by atoms with E-state index in [4.69, 9.17) is 0 Å². The number of nitrogens with zero attached hydrogens (tertiary/aromatic N) is 3. The molecule has 2 rings (SSSR count). The van der Waals surface area contributed by atoms with Crippen LogP contribution in [-0.2, 0) is 6.42 Å². The van der Waals surface area contributed by atoms with Crippen LogP contribution >= 0.6 is 22.6 Å². The third-order valence-corrected chi connectivity index (χ3v) is 2.89. The summed E-state index contributed by atoms with van der Waals surface area (Å²) in [7, 11) is 0. The molecular weight excluding hydrogens is 317 g/mol. The van der Waals surface area contributed by atoms with Crippen molar-refractivity contribution in [3.63, 3.8) is 0 Å². The van der Waals surface area contributed by atoms with Gasteiger partial charge in [-0.1, -0.05) is 0 Å². The van der Waals surface area contributed by atoms with Crippen molar-refractivity contribution in [3.05, 3.63) is 34.3 Å². The first-order chi connectivity index (χ1) is 7.86. The molecule has 2 heterocycles. The highest BCUT2D eigenvalue weighted by Crippen LogP contribution is 2.12. The molecule has 0 saturated carbocycles. The maximum absolute atomic E-state index is 4.17. The van der Waals surface area contributed by atoms with Crippen molar-refractivity contribution in [2.75, 3.05) is 11.9 Å². The Kier molecular flexibility index (Phi) is 4.09. The number of hydrogen-bond donors (Lipinski definition) is 2. The van der Waals surface area contributed by atoms with Crippen molar-refractivity contribution in [3.8, 4) is 0 Å². The number of anilines is 1. The second kappa shape index (κ2) is 5.78. The quantitative estimate of drug-likeness (QED) is 0.649. The standard InChI is InChI=1S/C10H12IN5/c11-8-6-12-7-16-10(8)15-3-1-2-9-13-4-5-14-9/h4-7H,1-3H2,(H,13,14)(H,12,15,16). The largest absolute Gasteiger partial charge is 0.369 e. The van der Waals surface area contributed by atoms with Gasteiger partial charge >= 0.3 is 0 Å². The Hall–Kier alpha value is -1.18. The van der Waals surface area contributed by atoms with Crippen LogP contribution in [0.5, 0.6) is 0 Å². The molecular formula is C10H12IN5. The van der Waals surface area contributed by atoms with Crippen molar-refractivity contribution < 1.29 is 0 Å². The lowest BCUT2D eigenvalue weighted by Crippen LogP contribution is -2.06. The predicted molar refractivity (Wildman–Crippen MR) is 70.1 cm³/mol. The number of imidazole rings is 1. The van der Waals surface area contributed by atoms with E-state index in [2.05, 4.69) is 47.8 Å². The summed E-state index contributed by atoms with van der Waals surface area (Å²) in [4.78, 5) is 15.3. The number of halogens is 1. The van der Waals surface area contributed by atoms with E-state index in [1.54, 1.807) is 18.7 Å². The van der Waals surface area contributed by atoms with E-state index >= 15 is 0 Å². The summed E-state index contributed by atoms with van der Waals surface area (Å²) in [6.45, 7) is 0.883. The van der Waals surface area contributed by atoms with E-state index in [1.807, 2.05) is 6.20 Å². The molecule has 0 aliphatic heterocycles. The van der Waals surface area contributed by atoms with Gasteiger partial charge in [0.25, 0.3) is 0 Å². The number of nitrogens with one attached hydrogen (secondary N) is 2. The van der Waals surface area contributed by atoms with Gasteiger partial charge in [-0.2, -0.15) is 0 Å². The Morgan fingerprint density at radius 1 is 1.38 bits per heavy atom. The van der Waals surface area contributed by atoms with Crippen LogP contribution < -0.4 is 5.32 Å². The Balaban J connectivity index is 1.74. The highest BCUT2D eigenvalue weighted by atomic mass is 127. The highest BCUT2D eigenvalue weighted by molar-refractivity contribution is 14.1. The number of H-pyrrole nitrogens is 1. The Morgan fingerprint density at radius 2 is 2.31 bits per heavy atom. The first kappa shape index (κ1) is 11.3. The topological polar surface area (TPSA) is 66.5 Å². The van der Waals surface area contributed by atoms with E-state index in [9.17, 15) is 0 Å². The van der Waals surface area contributed by atoms with Gasteiger partial charge in [0.1, 0.15) is 18.0 Å². The second-order valence-corrected chi connectivity index (χ2v) is 4.45. The van der Waals surface area contributed by atoms with Gasteiger partial charge in [-0.25, -0.2) is 15.0 Å². The van der Waals surface area contributed by atoms with Gasteiger partial charge in [0.15, 0.2) is 0 Å². The molecule has 2 aromatic heterocycles. The molecule has 0 amide bonds. The normalized spacial score (nSPS) is 10.3. The molecule has 0 unspecified atom stereocenters. The van der Waals surface area contributed by atoms with Gasteiger partial charge < -0.3 is 10.3 Å². The van der Waals surface area contributed by atoms with Gasteiger partial charge in [0.2, 0.25) is 0 Å². The summed E-state index contributed by atoms with van der Waals surface area (Å²) >= 11 is 2.22. The zero-order valence-electron chi connectivity index (χ0n) is 8.65. The zero-order chi connectivity index (χ0) is 11.2. The molecule has 0 aliphatic carbocycles. The number of aromatic amines is 1. The molecule has 0 spiro atoms. The number of rotatable bonds is 5. The van der Waals surface area contributed by atoms with E-state index in [1.165, 1.54) is 0 Å². The molecule has 0 radical (unpaired) electrons. The molecule has 0 saturated heterocycles. The van der Waals surface area contributed by atoms with Crippen molar-refractivity contribution in [2.24, 2.45) is 0 Å². The maximum atomic E-state index is 4.17. The van der Waals surface area contributed by atoms with Crippen molar-refractivity contribution in [1.29, 1.82) is 0 Å². The summed E-state index contributed by atoms with van der Waals surface area (Å²) in [6, 6.07) is 0. The lowest BCUT2D eigenvalue weighted by Gasteiger charge is -2.05. The van der Waals surface area contributed by atoms with Crippen LogP contribution in [0.3, 0.4) is 0 Å². The Bertz CT molecular complexity index is 429. The van der Waals surface area contributed by atoms with Crippen LogP contribution in [0.1, 0.15) is 12.2 Å². The molecule has 0 aliphatic rings. The average molecular weight is 329 g/mol. The fourth-order valence-corrected chi connectivity index (χ4v) is 1.83. The first-order valence-electron chi connectivity index (χ1n) is 5.04. The molecule has 6 heteroatoms. The average Bonchev–Trinajstić information content (AvgIpc) is 2.79. The number of aryl methyl sites for hydroxylation is 1. The predicted octanol–water partition coefficient (Wildman–Crippen LogP) is 1.85. The highest BCUT2D eigenvalue weighted by Gasteiger charge is 1.99. The van der Waals surface area contributed by atoms with Crippen LogP contribution in [0.2, 0.25) is 0 Å². The van der Waals surface area contributed by atoms with Crippen LogP contribution in [0.4, 0.5) is 5.82 Å². The maximum Gasteiger partial charge on any atom is 0.142 e. The van der Waals surface area contributed by atoms with Crippen molar-refractivity contribution in [1.82, 2.24) is 19.9 Å². The van der Waals surface area contributed by atoms with Crippen LogP contribution in [0.25, 0.3) is 0 Å². The molecule has 0 atom stereocenters. The van der Waals surface area contributed by atoms with Crippen molar-refractivity contribution >= 4 is 28.4 Å². The smallest absolute Gasteiger partial charge is 0.142 e. The van der Waals surface area contributed by atoms with Gasteiger partial charge in [-0.05, 0) is 29.0 Å². The fraction of sp³-hybridized carbons (Fsp3) is 0.300. The lowest BCUT2D eigenvalue weighted by molar-refractivity contribution is 0.813. The summed E-state index contributed by atoms with van der Waals surface area (Å²) in [5, 5.41) is 3.28. The van der Waals surface area contributed by atoms with Gasteiger partial charge in [-0.3, -0.25) is 0 Å². The van der Waals surface area contributed by atoms with Crippen LogP contribution in [0.15, 0.2) is 24.9 Å². The summed E-state index contributed by atoms with van der Waals surface area (Å²) in [6.07, 6.45) is 8.93. The SMILES string of the molecule is Ic1cncnc1NCCCc1ncc[nH]1. The Labute approximate surface area is 107 Å². The zero-order valence-corrected chi connectivity index (χ0v) is 10.8. The fourth-order valence-electron chi connectivity index (χ4n) is 1.34. The molecule has 2 aromatic rings. The number of hydrogen-bond acceptors (Lipinski definition) is 4. The molecule has 0 bridgehead atoms. The monoisotopic (exact) mass is 329 g/mol. The minimum atomic E-state index is 0.883. The van der Waals surface area contributed by atoms with Gasteiger partial charge in [0.05, 0.1) is 3.57 Å². The summed E-state index contributed by atoms with van der Waals surface area (Å²) < 4.78 is 1.04. The van der Waals surface area contributed by atoms with E-state index < -0.39 is 0 Å². The van der Waals surface area contributed by atoms with Gasteiger partial charge in [-0.15, -0.1) is 0 Å². The molecule has 5 nitrogen and oxygen atoms in total.